The van der Waals surface area contributed by atoms with Gasteiger partial charge < -0.3 is 14.4 Å². The van der Waals surface area contributed by atoms with Crippen molar-refractivity contribution >= 4 is 10.9 Å². The SMILES string of the molecule is CCOc1ccc2c(c1)c(C)c(-c1ccc(O)cc1)n2CC. The van der Waals surface area contributed by atoms with Crippen molar-refractivity contribution in [2.75, 3.05) is 6.61 Å². The molecule has 3 nitrogen and oxygen atoms in total. The number of hydrogen-bond donors (Lipinski definition) is 1. The number of aromatic nitrogens is 1. The molecule has 0 atom stereocenters. The Labute approximate surface area is 130 Å². The first-order valence-corrected chi connectivity index (χ1v) is 7.70. The van der Waals surface area contributed by atoms with Crippen molar-refractivity contribution in [2.24, 2.45) is 0 Å². The van der Waals surface area contributed by atoms with Gasteiger partial charge in [0.1, 0.15) is 11.5 Å². The summed E-state index contributed by atoms with van der Waals surface area (Å²) in [5.74, 6) is 1.20. The number of nitrogens with zero attached hydrogens (tertiary/aromatic N) is 1. The second-order valence-electron chi connectivity index (χ2n) is 5.38. The summed E-state index contributed by atoms with van der Waals surface area (Å²) >= 11 is 0. The largest absolute Gasteiger partial charge is 0.508 e. The zero-order valence-electron chi connectivity index (χ0n) is 13.3. The second-order valence-corrected chi connectivity index (χ2v) is 5.38. The van der Waals surface area contributed by atoms with Crippen molar-refractivity contribution in [3.63, 3.8) is 0 Å². The number of hydrogen-bond acceptors (Lipinski definition) is 2. The number of fused-ring (bicyclic) bond motifs is 1. The van der Waals surface area contributed by atoms with Gasteiger partial charge in [-0.15, -0.1) is 0 Å². The minimum absolute atomic E-state index is 0.291. The summed E-state index contributed by atoms with van der Waals surface area (Å²) in [6.45, 7) is 7.86. The van der Waals surface area contributed by atoms with Crippen LogP contribution in [-0.4, -0.2) is 16.3 Å². The predicted octanol–water partition coefficient (Wildman–Crippen LogP) is 4.74. The molecule has 0 spiro atoms. The lowest BCUT2D eigenvalue weighted by Gasteiger charge is -2.09. The highest BCUT2D eigenvalue weighted by molar-refractivity contribution is 5.92. The van der Waals surface area contributed by atoms with Crippen molar-refractivity contribution in [1.82, 2.24) is 4.57 Å². The second kappa shape index (κ2) is 5.76. The van der Waals surface area contributed by atoms with E-state index in [-0.39, 0.29) is 0 Å². The molecule has 0 saturated carbocycles. The van der Waals surface area contributed by atoms with Gasteiger partial charge in [0.2, 0.25) is 0 Å². The predicted molar refractivity (Wildman–Crippen MR) is 90.6 cm³/mol. The van der Waals surface area contributed by atoms with E-state index in [1.54, 1.807) is 12.1 Å². The highest BCUT2D eigenvalue weighted by Gasteiger charge is 2.15. The fourth-order valence-corrected chi connectivity index (χ4v) is 3.08. The lowest BCUT2D eigenvalue weighted by atomic mass is 10.1. The average Bonchev–Trinajstić information content (AvgIpc) is 2.81. The quantitative estimate of drug-likeness (QED) is 0.754. The Morgan fingerprint density at radius 2 is 1.77 bits per heavy atom. The van der Waals surface area contributed by atoms with Crippen molar-refractivity contribution in [3.05, 3.63) is 48.0 Å². The number of rotatable bonds is 4. The molecule has 2 aromatic carbocycles. The van der Waals surface area contributed by atoms with E-state index in [1.165, 1.54) is 22.2 Å². The summed E-state index contributed by atoms with van der Waals surface area (Å²) in [6.07, 6.45) is 0. The molecule has 0 aliphatic carbocycles. The first-order chi connectivity index (χ1) is 10.7. The first kappa shape index (κ1) is 14.5. The molecule has 0 radical (unpaired) electrons. The molecular weight excluding hydrogens is 274 g/mol. The van der Waals surface area contributed by atoms with Gasteiger partial charge in [0.15, 0.2) is 0 Å². The number of phenols is 1. The molecule has 1 aromatic heterocycles. The maximum absolute atomic E-state index is 9.51. The van der Waals surface area contributed by atoms with Gasteiger partial charge in [-0.25, -0.2) is 0 Å². The van der Waals surface area contributed by atoms with Crippen LogP contribution in [0.15, 0.2) is 42.5 Å². The molecule has 1 heterocycles. The van der Waals surface area contributed by atoms with Gasteiger partial charge >= 0.3 is 0 Å². The van der Waals surface area contributed by atoms with Gasteiger partial charge in [0, 0.05) is 17.4 Å². The van der Waals surface area contributed by atoms with E-state index < -0.39 is 0 Å². The summed E-state index contributed by atoms with van der Waals surface area (Å²) in [6, 6.07) is 13.7. The number of aromatic hydroxyl groups is 1. The zero-order valence-corrected chi connectivity index (χ0v) is 13.3. The smallest absolute Gasteiger partial charge is 0.120 e. The lowest BCUT2D eigenvalue weighted by molar-refractivity contribution is 0.340. The van der Waals surface area contributed by atoms with Gasteiger partial charge in [0.05, 0.1) is 12.3 Å². The van der Waals surface area contributed by atoms with Crippen LogP contribution < -0.4 is 4.74 Å². The van der Waals surface area contributed by atoms with E-state index in [9.17, 15) is 5.11 Å². The number of ether oxygens (including phenoxy) is 1. The monoisotopic (exact) mass is 295 g/mol. The topological polar surface area (TPSA) is 34.4 Å². The molecule has 0 fully saturated rings. The van der Waals surface area contributed by atoms with E-state index in [2.05, 4.69) is 30.5 Å². The van der Waals surface area contributed by atoms with Crippen LogP contribution in [-0.2, 0) is 6.54 Å². The first-order valence-electron chi connectivity index (χ1n) is 7.70. The van der Waals surface area contributed by atoms with Crippen LogP contribution >= 0.6 is 0 Å². The highest BCUT2D eigenvalue weighted by Crippen LogP contribution is 2.35. The number of aryl methyl sites for hydroxylation is 2. The molecule has 1 N–H and O–H groups in total. The third-order valence-electron chi connectivity index (χ3n) is 4.06. The van der Waals surface area contributed by atoms with Crippen LogP contribution in [0.1, 0.15) is 19.4 Å². The summed E-state index contributed by atoms with van der Waals surface area (Å²) in [5.41, 5.74) is 4.77. The molecular formula is C19H21NO2. The summed E-state index contributed by atoms with van der Waals surface area (Å²) in [4.78, 5) is 0. The Balaban J connectivity index is 2.25. The van der Waals surface area contributed by atoms with Crippen LogP contribution in [0.2, 0.25) is 0 Å². The maximum Gasteiger partial charge on any atom is 0.120 e. The molecule has 3 aromatic rings. The zero-order chi connectivity index (χ0) is 15.7. The highest BCUT2D eigenvalue weighted by atomic mass is 16.5. The van der Waals surface area contributed by atoms with Crippen LogP contribution in [0.5, 0.6) is 11.5 Å². The minimum Gasteiger partial charge on any atom is -0.508 e. The van der Waals surface area contributed by atoms with Gasteiger partial charge in [0.25, 0.3) is 0 Å². The standard InChI is InChI=1S/C19H21NO2/c1-4-20-18-11-10-16(22-5-2)12-17(18)13(3)19(20)14-6-8-15(21)9-7-14/h6-12,21H,4-5H2,1-3H3. The van der Waals surface area contributed by atoms with Crippen molar-refractivity contribution in [2.45, 2.75) is 27.3 Å². The molecule has 3 heteroatoms. The molecule has 0 saturated heterocycles. The number of phenolic OH excluding ortho intramolecular Hbond substituents is 1. The van der Waals surface area contributed by atoms with Crippen molar-refractivity contribution in [3.8, 4) is 22.8 Å². The van der Waals surface area contributed by atoms with Crippen LogP contribution in [0.4, 0.5) is 0 Å². The van der Waals surface area contributed by atoms with Crippen molar-refractivity contribution < 1.29 is 9.84 Å². The van der Waals surface area contributed by atoms with Gasteiger partial charge in [-0.1, -0.05) is 0 Å². The fraction of sp³-hybridized carbons (Fsp3) is 0.263. The third kappa shape index (κ3) is 2.33. The Morgan fingerprint density at radius 1 is 1.05 bits per heavy atom. The Bertz CT molecular complexity index is 800. The van der Waals surface area contributed by atoms with E-state index in [0.29, 0.717) is 12.4 Å². The Hall–Kier alpha value is -2.42. The molecule has 0 bridgehead atoms. The van der Waals surface area contributed by atoms with Crippen LogP contribution in [0.3, 0.4) is 0 Å². The van der Waals surface area contributed by atoms with E-state index >= 15 is 0 Å². The normalized spacial score (nSPS) is 11.0. The average molecular weight is 295 g/mol. The van der Waals surface area contributed by atoms with Gasteiger partial charge in [-0.05, 0) is 74.4 Å². The van der Waals surface area contributed by atoms with Crippen LogP contribution in [0, 0.1) is 6.92 Å². The third-order valence-corrected chi connectivity index (χ3v) is 4.06. The Morgan fingerprint density at radius 3 is 2.41 bits per heavy atom. The minimum atomic E-state index is 0.291. The molecule has 0 aliphatic heterocycles. The van der Waals surface area contributed by atoms with Gasteiger partial charge in [-0.3, -0.25) is 0 Å². The summed E-state index contributed by atoms with van der Waals surface area (Å²) in [7, 11) is 0. The van der Waals surface area contributed by atoms with Gasteiger partial charge in [-0.2, -0.15) is 0 Å². The summed E-state index contributed by atoms with van der Waals surface area (Å²) < 4.78 is 7.94. The fourth-order valence-electron chi connectivity index (χ4n) is 3.08. The molecule has 0 amide bonds. The molecule has 3 rings (SSSR count). The summed E-state index contributed by atoms with van der Waals surface area (Å²) in [5, 5.41) is 10.7. The molecule has 0 aliphatic rings. The van der Waals surface area contributed by atoms with Crippen LogP contribution in [0.25, 0.3) is 22.2 Å². The van der Waals surface area contributed by atoms with E-state index in [0.717, 1.165) is 17.9 Å². The van der Waals surface area contributed by atoms with E-state index in [4.69, 9.17) is 4.74 Å². The molecule has 0 unspecified atom stereocenters. The Kier molecular flexibility index (Phi) is 3.80. The molecule has 114 valence electrons. The number of benzene rings is 2. The van der Waals surface area contributed by atoms with Crippen molar-refractivity contribution in [1.29, 1.82) is 0 Å². The lowest BCUT2D eigenvalue weighted by Crippen LogP contribution is -1.97. The van der Waals surface area contributed by atoms with E-state index in [1.807, 2.05) is 25.1 Å². The molecule has 22 heavy (non-hydrogen) atoms. The maximum atomic E-state index is 9.51.